The Morgan fingerprint density at radius 1 is 0.212 bits per heavy atom. The van der Waals surface area contributed by atoms with Crippen molar-refractivity contribution in [2.24, 2.45) is 0 Å². The lowest BCUT2D eigenvalue weighted by atomic mass is 9.86. The fourth-order valence-electron chi connectivity index (χ4n) is 22.5. The molecule has 2 unspecified atom stereocenters. The Bertz CT molecular complexity index is 9320. The molecule has 4 aliphatic carbocycles. The smallest absolute Gasteiger partial charge is 0.160 e. The summed E-state index contributed by atoms with van der Waals surface area (Å²) in [4.78, 5) is 20.6. The Morgan fingerprint density at radius 2 is 0.591 bits per heavy atom. The van der Waals surface area contributed by atoms with Crippen molar-refractivity contribution >= 4 is 120 Å². The Balaban J connectivity index is 0.0000000991. The van der Waals surface area contributed by atoms with E-state index in [1.54, 1.807) is 0 Å². The van der Waals surface area contributed by atoms with Crippen molar-refractivity contribution in [2.75, 3.05) is 0 Å². The van der Waals surface area contributed by atoms with E-state index < -0.39 is 0 Å². The normalized spacial score (nSPS) is 13.8. The summed E-state index contributed by atoms with van der Waals surface area (Å²) in [6, 6.07) is 151. The van der Waals surface area contributed by atoms with Crippen LogP contribution in [0.4, 0.5) is 0 Å². The SMILES string of the molecule is C1=CC2Oc3cccc(-c4cccc(-n5c6cccc7c6c6c8c(cccc8ccc65)-c5ccccc5-7)c4)c3C2C=C1.c1ccc(-c2nc(-c3ccc(-n4c5cccc6c5c5c7c(cccc7ccc54)-c4ccccc4-6)cc3)nc3ccccc23)cc1.c1ccc(-c2nc3ccc(-n4c5cccc6c5c5c7c(cccc7ccc54)-c4ccccc4-6)cc3nc2-c2ccccc2)cc1. The van der Waals surface area contributed by atoms with Crippen LogP contribution in [-0.4, -0.2) is 39.7 Å². The number of fused-ring (bicyclic) bond motifs is 14. The molecule has 0 amide bonds. The van der Waals surface area contributed by atoms with Crippen LogP contribution < -0.4 is 4.74 Å². The van der Waals surface area contributed by atoms with Gasteiger partial charge in [0.15, 0.2) is 5.82 Å². The van der Waals surface area contributed by atoms with E-state index in [0.717, 1.165) is 84.2 Å². The quantitative estimate of drug-likeness (QED) is 0.152. The minimum Gasteiger partial charge on any atom is -0.485 e. The van der Waals surface area contributed by atoms with Crippen molar-refractivity contribution in [2.45, 2.75) is 12.0 Å². The molecule has 0 radical (unpaired) electrons. The van der Waals surface area contributed by atoms with E-state index in [0.29, 0.717) is 0 Å². The summed E-state index contributed by atoms with van der Waals surface area (Å²) >= 11 is 0. The molecule has 25 aromatic rings. The lowest BCUT2D eigenvalue weighted by molar-refractivity contribution is 0.269. The molecule has 8 nitrogen and oxygen atoms in total. The van der Waals surface area contributed by atoms with Crippen LogP contribution in [0.15, 0.2) is 443 Å². The number of rotatable bonds is 8. The van der Waals surface area contributed by atoms with E-state index >= 15 is 0 Å². The second kappa shape index (κ2) is 29.0. The molecule has 0 bridgehead atoms. The Hall–Kier alpha value is -17.5. The molecule has 8 heteroatoms. The van der Waals surface area contributed by atoms with Gasteiger partial charge in [-0.1, -0.05) is 334 Å². The van der Waals surface area contributed by atoms with Gasteiger partial charge >= 0.3 is 0 Å². The molecule has 5 aromatic heterocycles. The van der Waals surface area contributed by atoms with Crippen LogP contribution >= 0.6 is 0 Å². The minimum atomic E-state index is 0.0704. The molecule has 0 saturated heterocycles. The molecule has 5 aliphatic rings. The highest BCUT2D eigenvalue weighted by molar-refractivity contribution is 6.34. The average molecular weight is 1680 g/mol. The molecule has 0 fully saturated rings. The Morgan fingerprint density at radius 3 is 1.10 bits per heavy atom. The lowest BCUT2D eigenvalue weighted by Gasteiger charge is -2.17. The Kier molecular flexibility index (Phi) is 16.2. The van der Waals surface area contributed by atoms with E-state index in [1.165, 1.54) is 187 Å². The molecule has 30 rings (SSSR count). The zero-order chi connectivity index (χ0) is 86.3. The molecule has 0 saturated carbocycles. The van der Waals surface area contributed by atoms with E-state index in [2.05, 4.69) is 426 Å². The molecule has 612 valence electrons. The molecule has 6 heterocycles. The number of benzene rings is 20. The van der Waals surface area contributed by atoms with Crippen LogP contribution in [0.3, 0.4) is 0 Å². The number of hydrogen-bond donors (Lipinski definition) is 0. The first-order valence-corrected chi connectivity index (χ1v) is 45.4. The second-order valence-electron chi connectivity index (χ2n) is 35.1. The topological polar surface area (TPSA) is 75.6 Å². The molecule has 0 N–H and O–H groups in total. The van der Waals surface area contributed by atoms with Crippen LogP contribution in [0.2, 0.25) is 0 Å². The lowest BCUT2D eigenvalue weighted by Crippen LogP contribution is -2.15. The summed E-state index contributed by atoms with van der Waals surface area (Å²) in [7, 11) is 0. The van der Waals surface area contributed by atoms with Gasteiger partial charge in [0.2, 0.25) is 0 Å². The summed E-state index contributed by atoms with van der Waals surface area (Å²) in [6.45, 7) is 0. The van der Waals surface area contributed by atoms with E-state index in [9.17, 15) is 0 Å². The maximum absolute atomic E-state index is 6.35. The first kappa shape index (κ1) is 73.7. The highest BCUT2D eigenvalue weighted by Gasteiger charge is 2.36. The summed E-state index contributed by atoms with van der Waals surface area (Å²) in [6.07, 6.45) is 8.75. The predicted molar refractivity (Wildman–Crippen MR) is 547 cm³/mol. The summed E-state index contributed by atoms with van der Waals surface area (Å²) in [5.41, 5.74) is 39.5. The van der Waals surface area contributed by atoms with Gasteiger partial charge in [0.1, 0.15) is 11.9 Å². The third kappa shape index (κ3) is 11.1. The van der Waals surface area contributed by atoms with Crippen molar-refractivity contribution < 1.29 is 4.74 Å². The minimum absolute atomic E-state index is 0.0704. The number of para-hydroxylation sites is 1. The van der Waals surface area contributed by atoms with Crippen molar-refractivity contribution in [1.82, 2.24) is 33.6 Å². The summed E-state index contributed by atoms with van der Waals surface area (Å²) in [5.74, 6) is 1.96. The van der Waals surface area contributed by atoms with Gasteiger partial charge in [0.05, 0.1) is 66.7 Å². The summed E-state index contributed by atoms with van der Waals surface area (Å²) < 4.78 is 13.6. The molecule has 20 aromatic carbocycles. The van der Waals surface area contributed by atoms with E-state index in [1.807, 2.05) is 30.3 Å². The van der Waals surface area contributed by atoms with Crippen molar-refractivity contribution in [1.29, 1.82) is 0 Å². The summed E-state index contributed by atoms with van der Waals surface area (Å²) in [5, 5.41) is 16.7. The highest BCUT2D eigenvalue weighted by atomic mass is 16.5. The maximum Gasteiger partial charge on any atom is 0.160 e. The third-order valence-corrected chi connectivity index (χ3v) is 28.1. The number of nitrogens with zero attached hydrogens (tertiary/aromatic N) is 7. The van der Waals surface area contributed by atoms with E-state index in [-0.39, 0.29) is 12.0 Å². The van der Waals surface area contributed by atoms with Gasteiger partial charge in [-0.15, -0.1) is 0 Å². The van der Waals surface area contributed by atoms with Gasteiger partial charge in [0, 0.05) is 88.5 Å². The average Bonchev–Trinajstić information content (AvgIpc) is 1.07. The predicted octanol–water partition coefficient (Wildman–Crippen LogP) is 31.9. The molecular formula is C124H75N7O. The third-order valence-electron chi connectivity index (χ3n) is 28.1. The van der Waals surface area contributed by atoms with Gasteiger partial charge in [-0.25, -0.2) is 19.9 Å². The second-order valence-corrected chi connectivity index (χ2v) is 35.1. The van der Waals surface area contributed by atoms with Crippen molar-refractivity contribution in [3.05, 3.63) is 448 Å². The van der Waals surface area contributed by atoms with Crippen molar-refractivity contribution in [3.63, 3.8) is 0 Å². The monoisotopic (exact) mass is 1680 g/mol. The molecule has 1 aliphatic heterocycles. The van der Waals surface area contributed by atoms with Gasteiger partial charge < -0.3 is 18.4 Å². The first-order valence-electron chi connectivity index (χ1n) is 45.4. The zero-order valence-corrected chi connectivity index (χ0v) is 71.3. The first-order chi connectivity index (χ1) is 65.5. The largest absolute Gasteiger partial charge is 0.485 e. The molecule has 0 spiro atoms. The number of allylic oxidation sites excluding steroid dienone is 2. The fourth-order valence-corrected chi connectivity index (χ4v) is 22.5. The van der Waals surface area contributed by atoms with E-state index in [4.69, 9.17) is 24.7 Å². The number of hydrogen-bond acceptors (Lipinski definition) is 5. The number of aromatic nitrogens is 7. The van der Waals surface area contributed by atoms with Gasteiger partial charge in [-0.2, -0.15) is 0 Å². The van der Waals surface area contributed by atoms with Crippen LogP contribution in [-0.2, 0) is 0 Å². The fraction of sp³-hybridized carbons (Fsp3) is 0.0161. The molecular weight excluding hydrogens is 1600 g/mol. The van der Waals surface area contributed by atoms with Crippen LogP contribution in [0.5, 0.6) is 5.75 Å². The highest BCUT2D eigenvalue weighted by Crippen LogP contribution is 2.56. The standard InChI is InChI=1S/2C42H25N3.C40H25NO/c1-3-11-27(12-4-1)41-42(28-13-5-2-6-14-28)44-35-25-29(22-23-34(35)43-41)45-36-20-10-19-33-31-17-8-7-16-30(31)32-18-9-15-26-21-24-37(45)40(38(26)32)39(33)36;1-2-10-27(11-3-1)41-34-15-6-7-18-35(34)43-42(44-41)28-20-23-29(24-21-28)45-36-19-9-17-33-31-14-5-4-13-30(31)32-16-8-12-26-22-25-37(45)40(38(26)32)39(33)36;1-2-13-29-28(12-1)30-16-6-9-24-21-22-34-40(37(24)30)39-31(29)17-7-18-33(39)41(34)26-11-5-10-25(23-26)27-15-8-20-36-38(27)32-14-3-4-19-35(32)42-36/h2*1-25H;1-23,32,35H. The Labute approximate surface area is 759 Å². The maximum atomic E-state index is 6.35. The van der Waals surface area contributed by atoms with Gasteiger partial charge in [-0.3, -0.25) is 0 Å². The van der Waals surface area contributed by atoms with Crippen molar-refractivity contribution in [3.8, 4) is 146 Å². The van der Waals surface area contributed by atoms with Crippen LogP contribution in [0, 0.1) is 0 Å². The molecule has 132 heavy (non-hydrogen) atoms. The van der Waals surface area contributed by atoms with Crippen LogP contribution in [0.25, 0.3) is 260 Å². The zero-order valence-electron chi connectivity index (χ0n) is 71.3. The van der Waals surface area contributed by atoms with Crippen LogP contribution in [0.1, 0.15) is 11.5 Å². The van der Waals surface area contributed by atoms with Gasteiger partial charge in [0.25, 0.3) is 0 Å². The molecule has 2 atom stereocenters. The number of ether oxygens (including phenoxy) is 1. The van der Waals surface area contributed by atoms with Gasteiger partial charge in [-0.05, 0) is 219 Å².